The first-order chi connectivity index (χ1) is 16.4. The van der Waals surface area contributed by atoms with Crippen molar-refractivity contribution in [2.45, 2.75) is 38.5 Å². The lowest BCUT2D eigenvalue weighted by atomic mass is 9.69. The van der Waals surface area contributed by atoms with Crippen LogP contribution in [0.4, 0.5) is 4.39 Å². The van der Waals surface area contributed by atoms with E-state index in [-0.39, 0.29) is 17.5 Å². The van der Waals surface area contributed by atoms with Gasteiger partial charge in [-0.3, -0.25) is 14.6 Å². The van der Waals surface area contributed by atoms with Crippen LogP contribution in [0.5, 0.6) is 0 Å². The van der Waals surface area contributed by atoms with Crippen LogP contribution in [0.1, 0.15) is 49.7 Å². The highest BCUT2D eigenvalue weighted by Crippen LogP contribution is 2.46. The van der Waals surface area contributed by atoms with Crippen molar-refractivity contribution in [3.63, 3.8) is 0 Å². The summed E-state index contributed by atoms with van der Waals surface area (Å²) in [5.74, 6) is -0.417. The standard InChI is InChI=1S/C27H27ClFNO3S/c1-3-34-13-12-33-27(32)24-16(2)30-22-14-19(17-4-8-20(28)9-5-17)15-23(31)26(22)25(24)18-6-10-21(29)11-7-18/h4-11,19,24-25H,3,12-15H2,1-2H3/t19-,24?,25+/m1/s1. The fourth-order valence-electron chi connectivity index (χ4n) is 4.80. The topological polar surface area (TPSA) is 55.7 Å². The number of carbonyl (C=O) groups is 2. The van der Waals surface area contributed by atoms with Crippen LogP contribution in [0.2, 0.25) is 5.02 Å². The van der Waals surface area contributed by atoms with Gasteiger partial charge in [0.05, 0.1) is 0 Å². The van der Waals surface area contributed by atoms with Gasteiger partial charge in [-0.15, -0.1) is 0 Å². The van der Waals surface area contributed by atoms with Crippen LogP contribution in [-0.2, 0) is 14.3 Å². The SMILES string of the molecule is CCSCCOC(=O)C1C(C)=NC2=C(C(=O)C[C@H](c3ccc(Cl)cc3)C2)[C@H]1c1ccc(F)cc1. The Kier molecular flexibility index (Phi) is 7.89. The second-order valence-electron chi connectivity index (χ2n) is 8.56. The summed E-state index contributed by atoms with van der Waals surface area (Å²) in [7, 11) is 0. The van der Waals surface area contributed by atoms with Crippen molar-refractivity contribution < 1.29 is 18.7 Å². The molecular weight excluding hydrogens is 473 g/mol. The normalized spacial score (nSPS) is 22.3. The molecule has 3 atom stereocenters. The predicted molar refractivity (Wildman–Crippen MR) is 135 cm³/mol. The average molecular weight is 500 g/mol. The molecule has 1 aliphatic heterocycles. The highest BCUT2D eigenvalue weighted by atomic mass is 35.5. The Labute approximate surface area is 208 Å². The van der Waals surface area contributed by atoms with Gasteiger partial charge in [0, 0.05) is 40.1 Å². The molecule has 34 heavy (non-hydrogen) atoms. The zero-order valence-corrected chi connectivity index (χ0v) is 20.8. The van der Waals surface area contributed by atoms with Gasteiger partial charge in [0.1, 0.15) is 18.3 Å². The number of nitrogens with zero attached hydrogens (tertiary/aromatic N) is 1. The highest BCUT2D eigenvalue weighted by Gasteiger charge is 2.44. The summed E-state index contributed by atoms with van der Waals surface area (Å²) in [6.07, 6.45) is 0.911. The summed E-state index contributed by atoms with van der Waals surface area (Å²) in [5, 5.41) is 0.646. The number of halogens is 2. The Morgan fingerprint density at radius 1 is 1.12 bits per heavy atom. The van der Waals surface area contributed by atoms with Gasteiger partial charge < -0.3 is 4.74 Å². The Balaban J connectivity index is 1.70. The Bertz CT molecular complexity index is 1130. The van der Waals surface area contributed by atoms with E-state index in [1.807, 2.05) is 31.2 Å². The number of thioether (sulfide) groups is 1. The number of hydrogen-bond acceptors (Lipinski definition) is 5. The Hall–Kier alpha value is -2.44. The van der Waals surface area contributed by atoms with Gasteiger partial charge in [0.25, 0.3) is 0 Å². The van der Waals surface area contributed by atoms with E-state index in [2.05, 4.69) is 6.92 Å². The molecule has 4 rings (SSSR count). The minimum absolute atomic E-state index is 0.0106. The maximum atomic E-state index is 13.7. The van der Waals surface area contributed by atoms with Crippen molar-refractivity contribution in [3.8, 4) is 0 Å². The number of ether oxygens (including phenoxy) is 1. The number of Topliss-reactive ketones (excluding diaryl/α,β-unsaturated/α-hetero) is 1. The molecule has 0 radical (unpaired) electrons. The van der Waals surface area contributed by atoms with Crippen LogP contribution in [0, 0.1) is 11.7 Å². The van der Waals surface area contributed by atoms with Crippen molar-refractivity contribution in [1.82, 2.24) is 0 Å². The van der Waals surface area contributed by atoms with Crippen LogP contribution in [0.25, 0.3) is 0 Å². The van der Waals surface area contributed by atoms with Gasteiger partial charge in [-0.1, -0.05) is 42.8 Å². The van der Waals surface area contributed by atoms with Crippen molar-refractivity contribution >= 4 is 40.8 Å². The van der Waals surface area contributed by atoms with Gasteiger partial charge in [-0.2, -0.15) is 11.8 Å². The van der Waals surface area contributed by atoms with Gasteiger partial charge in [-0.05, 0) is 60.4 Å². The molecule has 0 fully saturated rings. The zero-order valence-electron chi connectivity index (χ0n) is 19.2. The number of ketones is 1. The van der Waals surface area contributed by atoms with E-state index in [0.717, 1.165) is 11.3 Å². The van der Waals surface area contributed by atoms with Gasteiger partial charge in [0.15, 0.2) is 5.78 Å². The Morgan fingerprint density at radius 2 is 1.79 bits per heavy atom. The highest BCUT2D eigenvalue weighted by molar-refractivity contribution is 7.99. The van der Waals surface area contributed by atoms with E-state index < -0.39 is 17.8 Å². The molecular formula is C27H27ClFNO3S. The summed E-state index contributed by atoms with van der Waals surface area (Å²) < 4.78 is 19.3. The first kappa shape index (κ1) is 24.7. The molecule has 0 saturated heterocycles. The number of aliphatic imine (C=N–C) groups is 1. The van der Waals surface area contributed by atoms with Gasteiger partial charge in [-0.25, -0.2) is 4.39 Å². The largest absolute Gasteiger partial charge is 0.464 e. The summed E-state index contributed by atoms with van der Waals surface area (Å²) in [5.41, 5.74) is 3.61. The van der Waals surface area contributed by atoms with Crippen LogP contribution >= 0.6 is 23.4 Å². The molecule has 4 nitrogen and oxygen atoms in total. The molecule has 0 spiro atoms. The summed E-state index contributed by atoms with van der Waals surface area (Å²) in [6, 6.07) is 13.6. The third-order valence-corrected chi connectivity index (χ3v) is 7.50. The molecule has 1 unspecified atom stereocenters. The molecule has 0 bridgehead atoms. The third kappa shape index (κ3) is 5.28. The lowest BCUT2D eigenvalue weighted by Crippen LogP contribution is -2.38. The van der Waals surface area contributed by atoms with Crippen molar-refractivity contribution in [2.24, 2.45) is 10.9 Å². The summed E-state index contributed by atoms with van der Waals surface area (Å²) >= 11 is 7.73. The van der Waals surface area contributed by atoms with Crippen LogP contribution < -0.4 is 0 Å². The summed E-state index contributed by atoms with van der Waals surface area (Å²) in [4.78, 5) is 31.5. The lowest BCUT2D eigenvalue weighted by Gasteiger charge is -2.36. The minimum Gasteiger partial charge on any atom is -0.464 e. The minimum atomic E-state index is -0.716. The first-order valence-electron chi connectivity index (χ1n) is 11.5. The molecule has 0 saturated carbocycles. The Morgan fingerprint density at radius 3 is 2.47 bits per heavy atom. The molecule has 1 aliphatic carbocycles. The van der Waals surface area contributed by atoms with Gasteiger partial charge >= 0.3 is 5.97 Å². The fraction of sp³-hybridized carbons (Fsp3) is 0.370. The number of rotatable bonds is 7. The van der Waals surface area contributed by atoms with Crippen LogP contribution in [0.3, 0.4) is 0 Å². The van der Waals surface area contributed by atoms with Crippen LogP contribution in [0.15, 0.2) is 64.8 Å². The van der Waals surface area contributed by atoms with E-state index in [1.54, 1.807) is 23.9 Å². The lowest BCUT2D eigenvalue weighted by molar-refractivity contribution is -0.145. The molecule has 2 aromatic carbocycles. The quantitative estimate of drug-likeness (QED) is 0.329. The van der Waals surface area contributed by atoms with Crippen molar-refractivity contribution in [2.75, 3.05) is 18.1 Å². The third-order valence-electron chi connectivity index (χ3n) is 6.39. The number of hydrogen-bond donors (Lipinski definition) is 0. The molecule has 0 aromatic heterocycles. The summed E-state index contributed by atoms with van der Waals surface area (Å²) in [6.45, 7) is 4.16. The van der Waals surface area contributed by atoms with E-state index in [9.17, 15) is 14.0 Å². The molecule has 178 valence electrons. The smallest absolute Gasteiger partial charge is 0.315 e. The number of benzene rings is 2. The average Bonchev–Trinajstić information content (AvgIpc) is 2.81. The maximum absolute atomic E-state index is 13.7. The fourth-order valence-corrected chi connectivity index (χ4v) is 5.42. The number of carbonyl (C=O) groups excluding carboxylic acids is 2. The van der Waals surface area contributed by atoms with Crippen molar-refractivity contribution in [1.29, 1.82) is 0 Å². The molecule has 1 heterocycles. The molecule has 2 aromatic rings. The molecule has 0 N–H and O–H groups in total. The van der Waals surface area contributed by atoms with Crippen LogP contribution in [-0.4, -0.2) is 35.6 Å². The first-order valence-corrected chi connectivity index (χ1v) is 13.0. The van der Waals surface area contributed by atoms with E-state index in [1.165, 1.54) is 12.1 Å². The molecule has 2 aliphatic rings. The molecule has 7 heteroatoms. The van der Waals surface area contributed by atoms with E-state index >= 15 is 0 Å². The van der Waals surface area contributed by atoms with E-state index in [4.69, 9.17) is 21.3 Å². The number of allylic oxidation sites excluding steroid dienone is 2. The maximum Gasteiger partial charge on any atom is 0.315 e. The predicted octanol–water partition coefficient (Wildman–Crippen LogP) is 6.35. The molecule has 0 amide bonds. The zero-order chi connectivity index (χ0) is 24.2. The van der Waals surface area contributed by atoms with E-state index in [0.29, 0.717) is 52.8 Å². The monoisotopic (exact) mass is 499 g/mol. The van der Waals surface area contributed by atoms with Crippen molar-refractivity contribution in [3.05, 3.63) is 81.8 Å². The van der Waals surface area contributed by atoms with Gasteiger partial charge in [0.2, 0.25) is 0 Å². The second-order valence-corrected chi connectivity index (χ2v) is 10.4. The number of esters is 1. The second kappa shape index (κ2) is 10.9.